The van der Waals surface area contributed by atoms with Gasteiger partial charge in [0.05, 0.1) is 12.2 Å². The van der Waals surface area contributed by atoms with Crippen molar-refractivity contribution in [2.75, 3.05) is 37.6 Å². The number of carbonyl (C=O) groups excluding carboxylic acids is 1. The maximum Gasteiger partial charge on any atom is 0.240 e. The van der Waals surface area contributed by atoms with Crippen LogP contribution in [0.15, 0.2) is 42.6 Å². The molecule has 3 heterocycles. The molecular formula is C20H23ClN4O2. The molecule has 6 nitrogen and oxygen atoms in total. The van der Waals surface area contributed by atoms with Crippen molar-refractivity contribution in [1.82, 2.24) is 14.8 Å². The van der Waals surface area contributed by atoms with Gasteiger partial charge in [0, 0.05) is 44.3 Å². The fourth-order valence-electron chi connectivity index (χ4n) is 3.86. The summed E-state index contributed by atoms with van der Waals surface area (Å²) in [6, 6.07) is 11.2. The molecule has 27 heavy (non-hydrogen) atoms. The van der Waals surface area contributed by atoms with E-state index in [1.54, 1.807) is 6.07 Å². The number of hydrogen-bond donors (Lipinski definition) is 1. The van der Waals surface area contributed by atoms with Crippen LogP contribution in [-0.2, 0) is 11.3 Å². The molecule has 1 amide bonds. The maximum absolute atomic E-state index is 12.9. The summed E-state index contributed by atoms with van der Waals surface area (Å²) in [4.78, 5) is 23.6. The first-order valence-electron chi connectivity index (χ1n) is 9.27. The van der Waals surface area contributed by atoms with Gasteiger partial charge in [-0.1, -0.05) is 23.7 Å². The minimum Gasteiger partial charge on any atom is -0.506 e. The molecule has 2 aliphatic heterocycles. The van der Waals surface area contributed by atoms with E-state index in [4.69, 9.17) is 11.6 Å². The lowest BCUT2D eigenvalue weighted by molar-refractivity contribution is -0.132. The van der Waals surface area contributed by atoms with Crippen LogP contribution in [0.1, 0.15) is 12.0 Å². The predicted molar refractivity (Wildman–Crippen MR) is 105 cm³/mol. The van der Waals surface area contributed by atoms with Gasteiger partial charge in [-0.25, -0.2) is 4.98 Å². The number of rotatable bonds is 4. The van der Waals surface area contributed by atoms with Crippen LogP contribution in [0.2, 0.25) is 5.02 Å². The third-order valence-corrected chi connectivity index (χ3v) is 5.62. The smallest absolute Gasteiger partial charge is 0.240 e. The summed E-state index contributed by atoms with van der Waals surface area (Å²) in [5.74, 6) is 1.27. The van der Waals surface area contributed by atoms with Crippen LogP contribution >= 0.6 is 11.6 Å². The van der Waals surface area contributed by atoms with E-state index in [1.165, 1.54) is 6.20 Å². The summed E-state index contributed by atoms with van der Waals surface area (Å²) < 4.78 is 0. The van der Waals surface area contributed by atoms with Gasteiger partial charge in [-0.15, -0.1) is 0 Å². The summed E-state index contributed by atoms with van der Waals surface area (Å²) in [5, 5.41) is 10.1. The van der Waals surface area contributed by atoms with Gasteiger partial charge in [0.2, 0.25) is 5.91 Å². The minimum absolute atomic E-state index is 0.0211. The molecular weight excluding hydrogens is 364 g/mol. The lowest BCUT2D eigenvalue weighted by atomic mass is 10.1. The van der Waals surface area contributed by atoms with Crippen LogP contribution in [0.25, 0.3) is 0 Å². The van der Waals surface area contributed by atoms with E-state index < -0.39 is 0 Å². The quantitative estimate of drug-likeness (QED) is 0.874. The molecule has 1 aromatic heterocycles. The van der Waals surface area contributed by atoms with Gasteiger partial charge in [0.25, 0.3) is 0 Å². The van der Waals surface area contributed by atoms with Gasteiger partial charge in [-0.3, -0.25) is 9.69 Å². The zero-order valence-corrected chi connectivity index (χ0v) is 15.8. The lowest BCUT2D eigenvalue weighted by Gasteiger charge is -2.37. The molecule has 0 unspecified atom stereocenters. The minimum atomic E-state index is -0.0211. The van der Waals surface area contributed by atoms with E-state index in [-0.39, 0.29) is 17.7 Å². The second-order valence-electron chi connectivity index (χ2n) is 7.09. The molecule has 2 aliphatic rings. The number of aromatic hydroxyl groups is 1. The molecule has 2 aromatic rings. The summed E-state index contributed by atoms with van der Waals surface area (Å²) in [6.45, 7) is 4.79. The van der Waals surface area contributed by atoms with E-state index in [9.17, 15) is 9.90 Å². The van der Waals surface area contributed by atoms with Crippen molar-refractivity contribution in [1.29, 1.82) is 0 Å². The largest absolute Gasteiger partial charge is 0.506 e. The molecule has 1 atom stereocenters. The number of halogens is 1. The van der Waals surface area contributed by atoms with Crippen LogP contribution < -0.4 is 4.90 Å². The van der Waals surface area contributed by atoms with Gasteiger partial charge in [0.1, 0.15) is 11.6 Å². The van der Waals surface area contributed by atoms with Gasteiger partial charge in [0.15, 0.2) is 0 Å². The molecule has 142 valence electrons. The summed E-state index contributed by atoms with van der Waals surface area (Å²) >= 11 is 5.94. The van der Waals surface area contributed by atoms with E-state index >= 15 is 0 Å². The van der Waals surface area contributed by atoms with Crippen LogP contribution in [0.4, 0.5) is 5.82 Å². The SMILES string of the molecule is O=C1[C@H](N2CCN(c3ccc(O)cn3)CC2)CCN1Cc1ccc(Cl)cc1. The molecule has 0 aliphatic carbocycles. The van der Waals surface area contributed by atoms with Crippen LogP contribution in [0, 0.1) is 0 Å². The third-order valence-electron chi connectivity index (χ3n) is 5.37. The highest BCUT2D eigenvalue weighted by Gasteiger charge is 2.37. The molecule has 4 rings (SSSR count). The molecule has 7 heteroatoms. The zero-order valence-electron chi connectivity index (χ0n) is 15.1. The topological polar surface area (TPSA) is 59.9 Å². The second-order valence-corrected chi connectivity index (χ2v) is 7.52. The first kappa shape index (κ1) is 18.1. The summed E-state index contributed by atoms with van der Waals surface area (Å²) in [6.07, 6.45) is 2.35. The number of benzene rings is 1. The van der Waals surface area contributed by atoms with E-state index in [1.807, 2.05) is 35.2 Å². The number of amides is 1. The van der Waals surface area contributed by atoms with Crippen molar-refractivity contribution >= 4 is 23.3 Å². The van der Waals surface area contributed by atoms with Crippen molar-refractivity contribution in [3.63, 3.8) is 0 Å². The van der Waals surface area contributed by atoms with Gasteiger partial charge in [-0.05, 0) is 36.2 Å². The number of piperazine rings is 1. The lowest BCUT2D eigenvalue weighted by Crippen LogP contribution is -2.52. The Bertz CT molecular complexity index is 789. The van der Waals surface area contributed by atoms with Crippen LogP contribution in [0.5, 0.6) is 5.75 Å². The predicted octanol–water partition coefficient (Wildman–Crippen LogP) is 2.36. The second kappa shape index (κ2) is 7.74. The molecule has 1 aromatic carbocycles. The molecule has 1 N–H and O–H groups in total. The Hall–Kier alpha value is -2.31. The van der Waals surface area contributed by atoms with Crippen molar-refractivity contribution < 1.29 is 9.90 Å². The number of pyridine rings is 1. The Morgan fingerprint density at radius 2 is 1.78 bits per heavy atom. The van der Waals surface area contributed by atoms with Gasteiger partial charge >= 0.3 is 0 Å². The summed E-state index contributed by atoms with van der Waals surface area (Å²) in [7, 11) is 0. The first-order valence-corrected chi connectivity index (χ1v) is 9.65. The van der Waals surface area contributed by atoms with Crippen molar-refractivity contribution in [3.05, 3.63) is 53.2 Å². The maximum atomic E-state index is 12.9. The van der Waals surface area contributed by atoms with Crippen molar-refractivity contribution in [2.24, 2.45) is 0 Å². The number of carbonyl (C=O) groups is 1. The molecule has 0 radical (unpaired) electrons. The van der Waals surface area contributed by atoms with Crippen molar-refractivity contribution in [3.8, 4) is 5.75 Å². The highest BCUT2D eigenvalue weighted by Crippen LogP contribution is 2.23. The van der Waals surface area contributed by atoms with E-state index in [2.05, 4.69) is 14.8 Å². The fraction of sp³-hybridized carbons (Fsp3) is 0.400. The highest BCUT2D eigenvalue weighted by atomic mass is 35.5. The molecule has 0 bridgehead atoms. The third kappa shape index (κ3) is 4.01. The van der Waals surface area contributed by atoms with Gasteiger partial charge < -0.3 is 14.9 Å². The van der Waals surface area contributed by atoms with Gasteiger partial charge in [-0.2, -0.15) is 0 Å². The number of anilines is 1. The Morgan fingerprint density at radius 1 is 1.04 bits per heavy atom. The first-order chi connectivity index (χ1) is 13.1. The standard InChI is InChI=1S/C20H23ClN4O2/c21-16-3-1-15(2-4-16)14-25-8-7-18(20(25)27)23-9-11-24(12-10-23)19-6-5-17(26)13-22-19/h1-6,13,18,26H,7-12,14H2/t18-/m1/s1. The van der Waals surface area contributed by atoms with E-state index in [0.717, 1.165) is 50.5 Å². The van der Waals surface area contributed by atoms with Crippen LogP contribution in [0.3, 0.4) is 0 Å². The number of nitrogens with zero attached hydrogens (tertiary/aromatic N) is 4. The molecule has 2 saturated heterocycles. The average Bonchev–Trinajstić information content (AvgIpc) is 3.05. The molecule has 0 spiro atoms. The number of likely N-dealkylation sites (tertiary alicyclic amines) is 1. The normalized spacial score (nSPS) is 21.1. The van der Waals surface area contributed by atoms with Crippen molar-refractivity contribution in [2.45, 2.75) is 19.0 Å². The Morgan fingerprint density at radius 3 is 2.44 bits per heavy atom. The summed E-state index contributed by atoms with van der Waals surface area (Å²) in [5.41, 5.74) is 1.11. The van der Waals surface area contributed by atoms with Crippen LogP contribution in [-0.4, -0.2) is 64.6 Å². The number of aromatic nitrogens is 1. The molecule has 2 fully saturated rings. The number of hydrogen-bond acceptors (Lipinski definition) is 5. The monoisotopic (exact) mass is 386 g/mol. The zero-order chi connectivity index (χ0) is 18.8. The average molecular weight is 387 g/mol. The Labute approximate surface area is 164 Å². The highest BCUT2D eigenvalue weighted by molar-refractivity contribution is 6.30. The molecule has 0 saturated carbocycles. The Kier molecular flexibility index (Phi) is 5.18. The fourth-order valence-corrected chi connectivity index (χ4v) is 3.98. The Balaban J connectivity index is 1.33. The van der Waals surface area contributed by atoms with E-state index in [0.29, 0.717) is 11.6 Å².